The SMILES string of the molecule is CC1(C(=O)Cc2ncccc2-n2cnc(Cn3nc(-c4ccc(Cl)cc4)n(C[C@H](O)C(F)(F)F)c3=O)n2)COC1. The lowest BCUT2D eigenvalue weighted by Crippen LogP contribution is -2.47. The highest BCUT2D eigenvalue weighted by molar-refractivity contribution is 6.30. The average molecular weight is 578 g/mol. The van der Waals surface area contributed by atoms with Crippen LogP contribution in [0.2, 0.25) is 5.02 Å². The van der Waals surface area contributed by atoms with Gasteiger partial charge in [0, 0.05) is 16.8 Å². The number of carbonyl (C=O) groups excluding carboxylic acids is 1. The number of benzene rings is 1. The number of halogens is 4. The monoisotopic (exact) mass is 577 g/mol. The Hall–Kier alpha value is -3.88. The summed E-state index contributed by atoms with van der Waals surface area (Å²) in [6.07, 6.45) is -4.73. The molecule has 15 heteroatoms. The minimum atomic E-state index is -4.94. The molecule has 0 saturated carbocycles. The third-order valence-corrected chi connectivity index (χ3v) is 6.80. The van der Waals surface area contributed by atoms with Crippen LogP contribution in [0, 0.1) is 5.41 Å². The average Bonchev–Trinajstić information content (AvgIpc) is 3.48. The Balaban J connectivity index is 1.44. The van der Waals surface area contributed by atoms with Gasteiger partial charge in [0.05, 0.1) is 43.0 Å². The Morgan fingerprint density at radius 2 is 1.90 bits per heavy atom. The van der Waals surface area contributed by atoms with E-state index < -0.39 is 29.9 Å². The van der Waals surface area contributed by atoms with E-state index in [9.17, 15) is 27.9 Å². The molecule has 1 aliphatic heterocycles. The van der Waals surface area contributed by atoms with E-state index in [2.05, 4.69) is 20.2 Å². The summed E-state index contributed by atoms with van der Waals surface area (Å²) in [5.41, 5.74) is -0.156. The lowest BCUT2D eigenvalue weighted by atomic mass is 9.81. The normalized spacial score (nSPS) is 15.6. The molecule has 1 N–H and O–H groups in total. The van der Waals surface area contributed by atoms with Gasteiger partial charge in [-0.2, -0.15) is 13.2 Å². The second-order valence-electron chi connectivity index (χ2n) is 9.67. The molecule has 1 saturated heterocycles. The first-order chi connectivity index (χ1) is 18.9. The van der Waals surface area contributed by atoms with Crippen LogP contribution in [0.25, 0.3) is 17.1 Å². The number of nitrogens with zero attached hydrogens (tertiary/aromatic N) is 7. The van der Waals surface area contributed by atoms with Crippen molar-refractivity contribution >= 4 is 17.4 Å². The Morgan fingerprint density at radius 3 is 2.55 bits per heavy atom. The van der Waals surface area contributed by atoms with Gasteiger partial charge >= 0.3 is 11.9 Å². The van der Waals surface area contributed by atoms with Gasteiger partial charge in [0.25, 0.3) is 0 Å². The topological polar surface area (TPSA) is 130 Å². The molecule has 5 rings (SSSR count). The molecule has 4 heterocycles. The molecule has 4 aromatic rings. The van der Waals surface area contributed by atoms with E-state index in [4.69, 9.17) is 16.3 Å². The van der Waals surface area contributed by atoms with E-state index in [1.165, 1.54) is 35.3 Å². The maximum absolute atomic E-state index is 13.1. The van der Waals surface area contributed by atoms with Crippen LogP contribution < -0.4 is 5.69 Å². The smallest absolute Gasteiger partial charge is 0.382 e. The van der Waals surface area contributed by atoms with Gasteiger partial charge in [-0.25, -0.2) is 19.1 Å². The molecular formula is C25H23ClF3N7O4. The van der Waals surface area contributed by atoms with Gasteiger partial charge < -0.3 is 9.84 Å². The Morgan fingerprint density at radius 1 is 1.18 bits per heavy atom. The number of pyridine rings is 1. The zero-order chi connectivity index (χ0) is 28.7. The Bertz CT molecular complexity index is 1590. The fourth-order valence-corrected chi connectivity index (χ4v) is 4.25. The van der Waals surface area contributed by atoms with E-state index in [0.29, 0.717) is 35.2 Å². The van der Waals surface area contributed by atoms with Crippen molar-refractivity contribution in [3.8, 4) is 17.1 Å². The first-order valence-electron chi connectivity index (χ1n) is 12.1. The van der Waals surface area contributed by atoms with Crippen LogP contribution in [-0.4, -0.2) is 70.5 Å². The molecule has 1 aliphatic rings. The highest BCUT2D eigenvalue weighted by atomic mass is 35.5. The molecule has 1 fully saturated rings. The predicted octanol–water partition coefficient (Wildman–Crippen LogP) is 2.46. The van der Waals surface area contributed by atoms with Gasteiger partial charge in [-0.15, -0.1) is 10.2 Å². The van der Waals surface area contributed by atoms with E-state index >= 15 is 0 Å². The number of ketones is 1. The summed E-state index contributed by atoms with van der Waals surface area (Å²) in [4.78, 5) is 34.4. The molecule has 0 radical (unpaired) electrons. The van der Waals surface area contributed by atoms with Crippen LogP contribution in [0.1, 0.15) is 18.4 Å². The van der Waals surface area contributed by atoms with Crippen LogP contribution >= 0.6 is 11.6 Å². The van der Waals surface area contributed by atoms with Crippen molar-refractivity contribution in [3.63, 3.8) is 0 Å². The first kappa shape index (κ1) is 27.7. The summed E-state index contributed by atoms with van der Waals surface area (Å²) in [6.45, 7) is 1.20. The number of Topliss-reactive ketones (excluding diaryl/α,β-unsaturated/α-hetero) is 1. The zero-order valence-electron chi connectivity index (χ0n) is 21.0. The summed E-state index contributed by atoms with van der Waals surface area (Å²) in [6, 6.07) is 9.39. The van der Waals surface area contributed by atoms with E-state index in [1.54, 1.807) is 18.3 Å². The first-order valence-corrected chi connectivity index (χ1v) is 12.5. The molecule has 0 spiro atoms. The second-order valence-corrected chi connectivity index (χ2v) is 10.1. The molecular weight excluding hydrogens is 555 g/mol. The Kier molecular flexibility index (Phi) is 7.33. The standard InChI is InChI=1S/C25H23ClF3N7O4/c1-24(12-40-13-24)19(37)9-17-18(3-2-8-30-17)36-14-31-21(32-36)11-35-23(39)34(10-20(38)25(27,28)29)22(33-35)15-4-6-16(26)7-5-15/h2-8,14,20,38H,9-13H2,1H3/t20-/m0/s1. The fourth-order valence-electron chi connectivity index (χ4n) is 4.13. The highest BCUT2D eigenvalue weighted by Crippen LogP contribution is 2.29. The molecule has 210 valence electrons. The molecule has 3 aromatic heterocycles. The number of rotatable bonds is 9. The van der Waals surface area contributed by atoms with Crippen LogP contribution in [0.15, 0.2) is 53.7 Å². The largest absolute Gasteiger partial charge is 0.416 e. The quantitative estimate of drug-likeness (QED) is 0.321. The molecule has 1 aromatic carbocycles. The summed E-state index contributed by atoms with van der Waals surface area (Å²) in [5.74, 6) is 0.0177. The number of aliphatic hydroxyl groups excluding tert-OH is 1. The molecule has 0 aliphatic carbocycles. The maximum atomic E-state index is 13.1. The lowest BCUT2D eigenvalue weighted by Gasteiger charge is -2.36. The highest BCUT2D eigenvalue weighted by Gasteiger charge is 2.41. The fraction of sp³-hybridized carbons (Fsp3) is 0.360. The number of hydrogen-bond donors (Lipinski definition) is 1. The van der Waals surface area contributed by atoms with Gasteiger partial charge in [0.2, 0.25) is 0 Å². The molecule has 1 atom stereocenters. The Labute approximate surface area is 229 Å². The van der Waals surface area contributed by atoms with Crippen molar-refractivity contribution in [2.75, 3.05) is 13.2 Å². The van der Waals surface area contributed by atoms with Gasteiger partial charge in [-0.3, -0.25) is 14.3 Å². The van der Waals surface area contributed by atoms with Gasteiger partial charge in [-0.1, -0.05) is 11.6 Å². The number of carbonyl (C=O) groups is 1. The van der Waals surface area contributed by atoms with Gasteiger partial charge in [0.15, 0.2) is 17.8 Å². The molecule has 0 amide bonds. The minimum absolute atomic E-state index is 0.0214. The molecule has 0 bridgehead atoms. The van der Waals surface area contributed by atoms with Crippen LogP contribution in [0.5, 0.6) is 0 Å². The third-order valence-electron chi connectivity index (χ3n) is 6.54. The van der Waals surface area contributed by atoms with E-state index in [0.717, 1.165) is 9.25 Å². The summed E-state index contributed by atoms with van der Waals surface area (Å²) < 4.78 is 47.6. The summed E-state index contributed by atoms with van der Waals surface area (Å²) in [5, 5.41) is 18.6. The number of aliphatic hydroxyl groups is 1. The summed E-state index contributed by atoms with van der Waals surface area (Å²) in [7, 11) is 0. The van der Waals surface area contributed by atoms with Crippen molar-refractivity contribution in [2.45, 2.75) is 38.7 Å². The maximum Gasteiger partial charge on any atom is 0.416 e. The van der Waals surface area contributed by atoms with Crippen molar-refractivity contribution in [1.82, 2.24) is 34.1 Å². The summed E-state index contributed by atoms with van der Waals surface area (Å²) >= 11 is 5.92. The van der Waals surface area contributed by atoms with Crippen molar-refractivity contribution < 1.29 is 27.8 Å². The van der Waals surface area contributed by atoms with E-state index in [-0.39, 0.29) is 30.4 Å². The van der Waals surface area contributed by atoms with Crippen molar-refractivity contribution in [2.24, 2.45) is 5.41 Å². The van der Waals surface area contributed by atoms with Gasteiger partial charge in [0.1, 0.15) is 18.7 Å². The minimum Gasteiger partial charge on any atom is -0.382 e. The van der Waals surface area contributed by atoms with Gasteiger partial charge in [-0.05, 0) is 43.3 Å². The lowest BCUT2D eigenvalue weighted by molar-refractivity contribution is -0.207. The van der Waals surface area contributed by atoms with Crippen LogP contribution in [-0.2, 0) is 29.0 Å². The molecule has 40 heavy (non-hydrogen) atoms. The predicted molar refractivity (Wildman–Crippen MR) is 135 cm³/mol. The van der Waals surface area contributed by atoms with E-state index in [1.807, 2.05) is 6.92 Å². The number of aromatic nitrogens is 7. The second kappa shape index (κ2) is 10.6. The van der Waals surface area contributed by atoms with Crippen LogP contribution in [0.4, 0.5) is 13.2 Å². The van der Waals surface area contributed by atoms with Crippen molar-refractivity contribution in [1.29, 1.82) is 0 Å². The van der Waals surface area contributed by atoms with Crippen LogP contribution in [0.3, 0.4) is 0 Å². The molecule has 11 nitrogen and oxygen atoms in total. The van der Waals surface area contributed by atoms with Crippen molar-refractivity contribution in [3.05, 3.63) is 75.9 Å². The third kappa shape index (κ3) is 5.55. The number of alkyl halides is 3. The number of hydrogen-bond acceptors (Lipinski definition) is 8. The molecule has 0 unspecified atom stereocenters. The number of ether oxygens (including phenoxy) is 1. The zero-order valence-corrected chi connectivity index (χ0v) is 21.8.